The lowest BCUT2D eigenvalue weighted by molar-refractivity contribution is 0.173. The number of anilines is 4. The number of cyclic esters (lactones) is 1. The van der Waals surface area contributed by atoms with Crippen LogP contribution in [0.5, 0.6) is 0 Å². The Kier molecular flexibility index (Phi) is 5.61. The number of terminal acetylenes is 1. The first kappa shape index (κ1) is 22.6. The predicted octanol–water partition coefficient (Wildman–Crippen LogP) is 3.77. The lowest BCUT2D eigenvalue weighted by Crippen LogP contribution is -2.45. The van der Waals surface area contributed by atoms with Gasteiger partial charge in [0, 0.05) is 49.3 Å². The summed E-state index contributed by atoms with van der Waals surface area (Å²) in [5.74, 6) is 3.62. The van der Waals surface area contributed by atoms with E-state index >= 15 is 0 Å². The number of pyridine rings is 1. The number of fused-ring (bicyclic) bond motifs is 1. The van der Waals surface area contributed by atoms with Crippen LogP contribution >= 0.6 is 0 Å². The van der Waals surface area contributed by atoms with Crippen LogP contribution in [-0.4, -0.2) is 71.3 Å². The lowest BCUT2D eigenvalue weighted by Gasteiger charge is -2.34. The van der Waals surface area contributed by atoms with Gasteiger partial charge in [-0.25, -0.2) is 14.8 Å². The van der Waals surface area contributed by atoms with Gasteiger partial charge in [0.05, 0.1) is 10.9 Å². The summed E-state index contributed by atoms with van der Waals surface area (Å²) in [6, 6.07) is 10.1. The minimum Gasteiger partial charge on any atom is -0.447 e. The number of nitrogens with one attached hydrogen (secondary N) is 1. The Morgan fingerprint density at radius 2 is 1.83 bits per heavy atom. The van der Waals surface area contributed by atoms with Crippen molar-refractivity contribution in [2.45, 2.75) is 31.2 Å². The predicted molar refractivity (Wildman–Crippen MR) is 140 cm³/mol. The molecule has 9 nitrogen and oxygen atoms in total. The number of benzene rings is 1. The Labute approximate surface area is 210 Å². The van der Waals surface area contributed by atoms with Crippen LogP contribution in [0.3, 0.4) is 0 Å². The molecule has 36 heavy (non-hydrogen) atoms. The van der Waals surface area contributed by atoms with Crippen molar-refractivity contribution >= 4 is 40.3 Å². The van der Waals surface area contributed by atoms with Gasteiger partial charge in [0.15, 0.2) is 5.65 Å². The Morgan fingerprint density at radius 3 is 2.56 bits per heavy atom. The minimum absolute atomic E-state index is 0.344. The van der Waals surface area contributed by atoms with Gasteiger partial charge in [0.25, 0.3) is 0 Å². The Balaban J connectivity index is 1.28. The van der Waals surface area contributed by atoms with Crippen molar-refractivity contribution in [1.29, 1.82) is 0 Å². The maximum Gasteiger partial charge on any atom is 0.416 e. The van der Waals surface area contributed by atoms with Crippen LogP contribution < -0.4 is 15.1 Å². The van der Waals surface area contributed by atoms with Gasteiger partial charge in [-0.2, -0.15) is 4.98 Å². The quantitative estimate of drug-likeness (QED) is 0.562. The fraction of sp³-hybridized carbons (Fsp3) is 0.407. The van der Waals surface area contributed by atoms with E-state index in [0.717, 1.165) is 57.5 Å². The van der Waals surface area contributed by atoms with E-state index in [-0.39, 0.29) is 11.6 Å². The molecule has 1 spiro atoms. The molecular weight excluding hydrogens is 454 g/mol. The summed E-state index contributed by atoms with van der Waals surface area (Å²) in [7, 11) is 2.15. The molecule has 6 rings (SSSR count). The van der Waals surface area contributed by atoms with Gasteiger partial charge in [-0.05, 0) is 50.2 Å². The van der Waals surface area contributed by atoms with Gasteiger partial charge in [0.1, 0.15) is 12.4 Å². The van der Waals surface area contributed by atoms with E-state index in [1.165, 1.54) is 5.69 Å². The fourth-order valence-corrected chi connectivity index (χ4v) is 5.50. The third-order valence-electron chi connectivity index (χ3n) is 7.58. The van der Waals surface area contributed by atoms with Crippen LogP contribution in [0, 0.1) is 12.3 Å². The zero-order chi connectivity index (χ0) is 24.7. The summed E-state index contributed by atoms with van der Waals surface area (Å²) in [6.07, 6.45) is 11.0. The van der Waals surface area contributed by atoms with Gasteiger partial charge in [-0.3, -0.25) is 4.90 Å². The maximum atomic E-state index is 12.7. The van der Waals surface area contributed by atoms with E-state index < -0.39 is 0 Å². The van der Waals surface area contributed by atoms with Crippen molar-refractivity contribution in [2.75, 3.05) is 55.0 Å². The number of ether oxygens (including phenoxy) is 1. The van der Waals surface area contributed by atoms with Gasteiger partial charge < -0.3 is 19.9 Å². The van der Waals surface area contributed by atoms with Gasteiger partial charge in [-0.1, -0.05) is 18.8 Å². The number of hydrogen-bond acceptors (Lipinski definition) is 8. The molecule has 0 radical (unpaired) electrons. The molecule has 1 N–H and O–H groups in total. The molecular formula is C27H29N7O2. The smallest absolute Gasteiger partial charge is 0.416 e. The van der Waals surface area contributed by atoms with Crippen LogP contribution in [-0.2, 0) is 4.74 Å². The lowest BCUT2D eigenvalue weighted by atomic mass is 9.97. The number of carbonyl (C=O) groups is 1. The molecule has 1 aliphatic carbocycles. The first-order valence-corrected chi connectivity index (χ1v) is 12.5. The maximum absolute atomic E-state index is 12.7. The van der Waals surface area contributed by atoms with E-state index in [2.05, 4.69) is 50.2 Å². The van der Waals surface area contributed by atoms with Gasteiger partial charge in [-0.15, -0.1) is 6.42 Å². The summed E-state index contributed by atoms with van der Waals surface area (Å²) in [6.45, 7) is 4.56. The van der Waals surface area contributed by atoms with Crippen molar-refractivity contribution in [3.05, 3.63) is 42.1 Å². The largest absolute Gasteiger partial charge is 0.447 e. The molecule has 3 aromatic rings. The third kappa shape index (κ3) is 3.97. The number of carbonyl (C=O) groups excluding carboxylic acids is 1. The Bertz CT molecular complexity index is 1340. The molecule has 1 aromatic carbocycles. The molecule has 3 aliphatic rings. The highest BCUT2D eigenvalue weighted by Gasteiger charge is 2.50. The molecule has 2 aromatic heterocycles. The average Bonchev–Trinajstić information content (AvgIpc) is 3.50. The van der Waals surface area contributed by atoms with E-state index in [9.17, 15) is 4.79 Å². The van der Waals surface area contributed by atoms with Gasteiger partial charge in [0.2, 0.25) is 5.95 Å². The van der Waals surface area contributed by atoms with Crippen molar-refractivity contribution < 1.29 is 9.53 Å². The number of amides is 1. The molecule has 0 bridgehead atoms. The zero-order valence-electron chi connectivity index (χ0n) is 20.4. The SMILES string of the molecule is C#Cc1cc(N2C(=O)OCC23CCCC3)nc2nc(Nc3ccc(N4CCN(C)CC4)cc3)ncc12. The summed E-state index contributed by atoms with van der Waals surface area (Å²) in [5, 5.41) is 3.94. The summed E-state index contributed by atoms with van der Waals surface area (Å²) < 4.78 is 5.45. The molecule has 1 saturated carbocycles. The fourth-order valence-electron chi connectivity index (χ4n) is 5.50. The van der Waals surface area contributed by atoms with Crippen LogP contribution in [0.1, 0.15) is 31.2 Å². The van der Waals surface area contributed by atoms with Gasteiger partial charge >= 0.3 is 6.09 Å². The number of nitrogens with zero attached hydrogens (tertiary/aromatic N) is 6. The van der Waals surface area contributed by atoms with Crippen molar-refractivity contribution in [3.8, 4) is 12.3 Å². The number of rotatable bonds is 4. The first-order valence-electron chi connectivity index (χ1n) is 12.5. The molecule has 4 heterocycles. The number of hydrogen-bond donors (Lipinski definition) is 1. The highest BCUT2D eigenvalue weighted by molar-refractivity contribution is 5.93. The monoisotopic (exact) mass is 483 g/mol. The van der Waals surface area contributed by atoms with Crippen molar-refractivity contribution in [3.63, 3.8) is 0 Å². The van der Waals surface area contributed by atoms with Crippen molar-refractivity contribution in [1.82, 2.24) is 19.9 Å². The number of likely N-dealkylation sites (N-methyl/N-ethyl adjacent to an activating group) is 1. The van der Waals surface area contributed by atoms with Crippen LogP contribution in [0.15, 0.2) is 36.5 Å². The minimum atomic E-state index is -0.375. The Morgan fingerprint density at radius 1 is 1.08 bits per heavy atom. The van der Waals surface area contributed by atoms with E-state index in [0.29, 0.717) is 35.0 Å². The van der Waals surface area contributed by atoms with Crippen LogP contribution in [0.4, 0.5) is 27.9 Å². The molecule has 2 aliphatic heterocycles. The molecule has 3 fully saturated rings. The molecule has 2 saturated heterocycles. The van der Waals surface area contributed by atoms with Crippen LogP contribution in [0.25, 0.3) is 11.0 Å². The normalized spacial score (nSPS) is 19.6. The summed E-state index contributed by atoms with van der Waals surface area (Å²) >= 11 is 0. The van der Waals surface area contributed by atoms with E-state index in [1.807, 2.05) is 12.1 Å². The first-order chi connectivity index (χ1) is 17.5. The second-order valence-corrected chi connectivity index (χ2v) is 9.89. The molecule has 184 valence electrons. The average molecular weight is 484 g/mol. The number of aromatic nitrogens is 3. The molecule has 0 atom stereocenters. The van der Waals surface area contributed by atoms with E-state index in [1.54, 1.807) is 17.2 Å². The van der Waals surface area contributed by atoms with E-state index in [4.69, 9.17) is 16.1 Å². The molecule has 0 unspecified atom stereocenters. The topological polar surface area (TPSA) is 86.7 Å². The third-order valence-corrected chi connectivity index (χ3v) is 7.58. The number of piperazine rings is 1. The van der Waals surface area contributed by atoms with Crippen LogP contribution in [0.2, 0.25) is 0 Å². The molecule has 9 heteroatoms. The highest BCUT2D eigenvalue weighted by Crippen LogP contribution is 2.42. The standard InChI is InChI=1S/C27H29N7O2/c1-3-19-16-23(34-26(35)36-18-27(34)10-4-5-11-27)30-24-22(19)17-28-25(31-24)29-20-6-8-21(9-7-20)33-14-12-32(2)13-15-33/h1,6-9,16-17H,4-5,10-15,18H2,2H3,(H,28,29,30,31). The summed E-state index contributed by atoms with van der Waals surface area (Å²) in [4.78, 5) is 33.0. The second-order valence-electron chi connectivity index (χ2n) is 9.89. The summed E-state index contributed by atoms with van der Waals surface area (Å²) in [5.41, 5.74) is 2.79. The van der Waals surface area contributed by atoms with Crippen molar-refractivity contribution in [2.24, 2.45) is 0 Å². The Hall–Kier alpha value is -3.90. The highest BCUT2D eigenvalue weighted by atomic mass is 16.6. The molecule has 1 amide bonds. The second kappa shape index (κ2) is 8.95. The zero-order valence-corrected chi connectivity index (χ0v) is 20.4.